The number of carbonyl (C=O) groups is 2. The van der Waals surface area contributed by atoms with Crippen LogP contribution in [-0.4, -0.2) is 46.7 Å². The Morgan fingerprint density at radius 2 is 2.10 bits per heavy atom. The second-order valence-electron chi connectivity index (χ2n) is 7.28. The number of piperidine rings is 1. The molecular formula is C17H15BClF4KN4O3. The SMILES string of the molecule is O=C1Nc2ccc(Cl)c(F)c2[C@@]2(CCCN(C(=O)c3cnn(C[B-](F)(F)F)c3)C2)O1.[K+]. The first-order valence-electron chi connectivity index (χ1n) is 9.09. The van der Waals surface area contributed by atoms with Crippen LogP contribution in [0.4, 0.5) is 27.8 Å². The van der Waals surface area contributed by atoms with Crippen LogP contribution < -0.4 is 56.7 Å². The van der Waals surface area contributed by atoms with Gasteiger partial charge in [-0.15, -0.1) is 0 Å². The molecule has 0 bridgehead atoms. The molecule has 2 aliphatic heterocycles. The molecule has 1 spiro atoms. The number of rotatable bonds is 3. The summed E-state index contributed by atoms with van der Waals surface area (Å²) in [4.78, 5) is 26.3. The first-order valence-corrected chi connectivity index (χ1v) is 9.47. The number of ether oxygens (including phenoxy) is 1. The van der Waals surface area contributed by atoms with Gasteiger partial charge in [0.2, 0.25) is 0 Å². The summed E-state index contributed by atoms with van der Waals surface area (Å²) in [5.41, 5.74) is -1.25. The van der Waals surface area contributed by atoms with Gasteiger partial charge < -0.3 is 22.6 Å². The largest absolute Gasteiger partial charge is 1.00 e. The minimum absolute atomic E-state index is 0. The van der Waals surface area contributed by atoms with Gasteiger partial charge >= 0.3 is 64.5 Å². The van der Waals surface area contributed by atoms with E-state index in [-0.39, 0.29) is 92.7 Å². The molecule has 1 aromatic carbocycles. The van der Waals surface area contributed by atoms with Crippen LogP contribution in [0.15, 0.2) is 24.5 Å². The third kappa shape index (κ3) is 4.96. The molecule has 0 aliphatic carbocycles. The summed E-state index contributed by atoms with van der Waals surface area (Å²) in [5, 5.41) is 5.85. The zero-order valence-corrected chi connectivity index (χ0v) is 20.3. The summed E-state index contributed by atoms with van der Waals surface area (Å²) in [6.07, 6.45) is 0.634. The molecule has 2 aliphatic rings. The van der Waals surface area contributed by atoms with Gasteiger partial charge in [-0.3, -0.25) is 14.8 Å². The van der Waals surface area contributed by atoms with Gasteiger partial charge in [-0.25, -0.2) is 9.18 Å². The Labute approximate surface area is 221 Å². The summed E-state index contributed by atoms with van der Waals surface area (Å²) in [6, 6.07) is 2.75. The third-order valence-corrected chi connectivity index (χ3v) is 5.38. The van der Waals surface area contributed by atoms with Crippen LogP contribution in [0.2, 0.25) is 5.02 Å². The van der Waals surface area contributed by atoms with Gasteiger partial charge in [0.05, 0.1) is 34.6 Å². The van der Waals surface area contributed by atoms with E-state index in [1.165, 1.54) is 17.0 Å². The third-order valence-electron chi connectivity index (χ3n) is 5.09. The van der Waals surface area contributed by atoms with Crippen molar-refractivity contribution in [2.24, 2.45) is 0 Å². The number of halogens is 5. The van der Waals surface area contributed by atoms with E-state index in [0.29, 0.717) is 11.1 Å². The molecule has 2 aromatic rings. The van der Waals surface area contributed by atoms with Gasteiger partial charge in [-0.05, 0) is 25.0 Å². The van der Waals surface area contributed by atoms with Crippen molar-refractivity contribution in [2.45, 2.75) is 24.9 Å². The fraction of sp³-hybridized carbons (Fsp3) is 0.353. The van der Waals surface area contributed by atoms with E-state index in [9.17, 15) is 26.9 Å². The van der Waals surface area contributed by atoms with Crippen molar-refractivity contribution in [1.29, 1.82) is 0 Å². The summed E-state index contributed by atoms with van der Waals surface area (Å²) >= 11 is 5.91. The average molecular weight is 485 g/mol. The smallest absolute Gasteiger partial charge is 0.448 e. The minimum atomic E-state index is -5.12. The van der Waals surface area contributed by atoms with Crippen LogP contribution in [0.3, 0.4) is 0 Å². The van der Waals surface area contributed by atoms with Crippen LogP contribution in [0.1, 0.15) is 28.8 Å². The molecule has 0 unspecified atom stereocenters. The zero-order chi connectivity index (χ0) is 21.7. The summed E-state index contributed by atoms with van der Waals surface area (Å²) in [7, 11) is 0. The van der Waals surface area contributed by atoms with Crippen LogP contribution in [0.5, 0.6) is 0 Å². The van der Waals surface area contributed by atoms with Gasteiger partial charge in [0.25, 0.3) is 5.91 Å². The number of likely N-dealkylation sites (tertiary alicyclic amines) is 1. The Balaban J connectivity index is 0.00000272. The van der Waals surface area contributed by atoms with Gasteiger partial charge in [0.15, 0.2) is 11.4 Å². The fourth-order valence-corrected chi connectivity index (χ4v) is 4.07. The van der Waals surface area contributed by atoms with Crippen LogP contribution in [-0.2, 0) is 16.8 Å². The molecule has 1 saturated heterocycles. The van der Waals surface area contributed by atoms with E-state index in [1.54, 1.807) is 0 Å². The van der Waals surface area contributed by atoms with Crippen molar-refractivity contribution in [3.05, 3.63) is 46.5 Å². The second kappa shape index (κ2) is 9.02. The van der Waals surface area contributed by atoms with E-state index in [1.807, 2.05) is 0 Å². The van der Waals surface area contributed by atoms with Gasteiger partial charge in [0.1, 0.15) is 0 Å². The zero-order valence-electron chi connectivity index (χ0n) is 16.4. The molecule has 1 aromatic heterocycles. The van der Waals surface area contributed by atoms with Crippen molar-refractivity contribution in [3.8, 4) is 0 Å². The average Bonchev–Trinajstić information content (AvgIpc) is 3.10. The Morgan fingerprint density at radius 1 is 1.35 bits per heavy atom. The molecule has 31 heavy (non-hydrogen) atoms. The quantitative estimate of drug-likeness (QED) is 0.516. The topological polar surface area (TPSA) is 76.5 Å². The Bertz CT molecular complexity index is 1040. The van der Waals surface area contributed by atoms with Crippen molar-refractivity contribution in [1.82, 2.24) is 14.7 Å². The van der Waals surface area contributed by atoms with E-state index in [4.69, 9.17) is 16.3 Å². The summed E-state index contributed by atoms with van der Waals surface area (Å²) in [6.45, 7) is -5.02. The predicted octanol–water partition coefficient (Wildman–Crippen LogP) is 0.760. The second-order valence-corrected chi connectivity index (χ2v) is 7.69. The molecule has 3 heterocycles. The van der Waals surface area contributed by atoms with Crippen molar-refractivity contribution >= 4 is 36.3 Å². The number of fused-ring (bicyclic) bond motifs is 2. The monoisotopic (exact) mass is 484 g/mol. The maximum Gasteiger partial charge on any atom is 1.00 e. The Morgan fingerprint density at radius 3 is 2.81 bits per heavy atom. The normalized spacial score (nSPS) is 20.5. The molecule has 1 atom stereocenters. The van der Waals surface area contributed by atoms with E-state index >= 15 is 0 Å². The first-order chi connectivity index (χ1) is 14.1. The maximum absolute atomic E-state index is 14.9. The number of anilines is 1. The van der Waals surface area contributed by atoms with Gasteiger partial charge in [0, 0.05) is 19.2 Å². The standard InChI is InChI=1S/C17H15BClF4N4O3.K/c19-11-2-3-12-13(14(11)20)17(30-16(29)25-12)4-1-5-26(8-17)15(28)10-6-24-27(7-10)9-18(21,22)23;/h2-3,6-7H,1,4-5,8-9H2,(H,25,29);/q-1;+1/t17-;/m0./s1. The molecule has 0 saturated carbocycles. The molecule has 1 N–H and O–H groups in total. The van der Waals surface area contributed by atoms with Crippen molar-refractivity contribution < 1.29 is 83.0 Å². The summed E-state index contributed by atoms with van der Waals surface area (Å²) in [5.74, 6) is -1.35. The Kier molecular flexibility index (Phi) is 7.14. The van der Waals surface area contributed by atoms with Crippen LogP contribution >= 0.6 is 11.6 Å². The number of carbonyl (C=O) groups excluding carboxylic acids is 2. The number of aromatic nitrogens is 2. The minimum Gasteiger partial charge on any atom is -0.448 e. The van der Waals surface area contributed by atoms with Crippen molar-refractivity contribution in [3.63, 3.8) is 0 Å². The fourth-order valence-electron chi connectivity index (χ4n) is 3.92. The molecule has 7 nitrogen and oxygen atoms in total. The number of nitrogens with one attached hydrogen (secondary N) is 1. The Hall–Kier alpha value is -1.12. The van der Waals surface area contributed by atoms with Gasteiger partial charge in [-0.2, -0.15) is 5.10 Å². The number of hydrogen-bond acceptors (Lipinski definition) is 4. The maximum atomic E-state index is 14.9. The molecule has 0 radical (unpaired) electrons. The van der Waals surface area contributed by atoms with E-state index < -0.39 is 36.8 Å². The van der Waals surface area contributed by atoms with Gasteiger partial charge in [-0.1, -0.05) is 11.6 Å². The molecule has 2 amide bonds. The summed E-state index contributed by atoms with van der Waals surface area (Å²) < 4.78 is 58.8. The van der Waals surface area contributed by atoms with E-state index in [0.717, 1.165) is 12.4 Å². The number of amides is 2. The molecular weight excluding hydrogens is 470 g/mol. The number of benzene rings is 1. The van der Waals surface area contributed by atoms with Crippen molar-refractivity contribution in [2.75, 3.05) is 18.4 Å². The molecule has 1 fully saturated rings. The number of hydrogen-bond donors (Lipinski definition) is 1. The molecule has 160 valence electrons. The van der Waals surface area contributed by atoms with Crippen LogP contribution in [0.25, 0.3) is 0 Å². The first kappa shape index (κ1) is 24.5. The molecule has 14 heteroatoms. The predicted molar refractivity (Wildman–Crippen MR) is 99.6 cm³/mol. The van der Waals surface area contributed by atoms with E-state index in [2.05, 4.69) is 10.4 Å². The molecule has 4 rings (SSSR count). The number of nitrogens with zero attached hydrogens (tertiary/aromatic N) is 3. The van der Waals surface area contributed by atoms with Crippen LogP contribution in [0, 0.1) is 5.82 Å².